The van der Waals surface area contributed by atoms with Crippen molar-refractivity contribution in [2.45, 2.75) is 6.92 Å². The van der Waals surface area contributed by atoms with Gasteiger partial charge in [0, 0.05) is 37.7 Å². The SMILES string of the molecule is Cc1cc(-n2cc(C(=O)O)c(=O)cc2-c2ccc(N(C)C)cc2)ccc1O. The van der Waals surface area contributed by atoms with Crippen LogP contribution >= 0.6 is 0 Å². The van der Waals surface area contributed by atoms with Crippen LogP contribution in [0.15, 0.2) is 59.5 Å². The smallest absolute Gasteiger partial charge is 0.341 e. The van der Waals surface area contributed by atoms with Crippen LogP contribution < -0.4 is 10.3 Å². The molecule has 0 aliphatic carbocycles. The van der Waals surface area contributed by atoms with Crippen molar-refractivity contribution in [1.82, 2.24) is 4.57 Å². The molecule has 3 aromatic rings. The third kappa shape index (κ3) is 3.55. The number of anilines is 1. The lowest BCUT2D eigenvalue weighted by atomic mass is 10.1. The van der Waals surface area contributed by atoms with Crippen molar-refractivity contribution in [3.8, 4) is 22.7 Å². The minimum absolute atomic E-state index is 0.148. The first-order valence-electron chi connectivity index (χ1n) is 8.35. The molecular formula is C21H20N2O4. The minimum Gasteiger partial charge on any atom is -0.508 e. The monoisotopic (exact) mass is 364 g/mol. The maximum Gasteiger partial charge on any atom is 0.341 e. The molecule has 2 N–H and O–H groups in total. The Bertz CT molecular complexity index is 1070. The molecule has 0 unspecified atom stereocenters. The number of aryl methyl sites for hydroxylation is 1. The van der Waals surface area contributed by atoms with Crippen LogP contribution in [0.5, 0.6) is 5.75 Å². The van der Waals surface area contributed by atoms with Gasteiger partial charge in [0.25, 0.3) is 0 Å². The average molecular weight is 364 g/mol. The van der Waals surface area contributed by atoms with Crippen molar-refractivity contribution < 1.29 is 15.0 Å². The standard InChI is InChI=1S/C21H20N2O4/c1-13-10-16(8-9-19(13)24)23-12-17(21(26)27)20(25)11-18(23)14-4-6-15(7-5-14)22(2)3/h4-12,24H,1-3H3,(H,26,27). The van der Waals surface area contributed by atoms with Gasteiger partial charge in [0.15, 0.2) is 5.43 Å². The quantitative estimate of drug-likeness (QED) is 0.742. The Morgan fingerprint density at radius 3 is 2.26 bits per heavy atom. The van der Waals surface area contributed by atoms with Crippen molar-refractivity contribution in [3.05, 3.63) is 76.1 Å². The Morgan fingerprint density at radius 2 is 1.70 bits per heavy atom. The van der Waals surface area contributed by atoms with Gasteiger partial charge in [-0.15, -0.1) is 0 Å². The Kier molecular flexibility index (Phi) is 4.73. The number of pyridine rings is 1. The second-order valence-electron chi connectivity index (χ2n) is 6.52. The van der Waals surface area contributed by atoms with E-state index in [0.717, 1.165) is 11.3 Å². The molecule has 0 atom stereocenters. The fraction of sp³-hybridized carbons (Fsp3) is 0.143. The molecule has 0 fully saturated rings. The molecule has 1 aromatic heterocycles. The molecule has 0 aliphatic heterocycles. The van der Waals surface area contributed by atoms with Gasteiger partial charge >= 0.3 is 5.97 Å². The third-order valence-corrected chi connectivity index (χ3v) is 4.42. The normalized spacial score (nSPS) is 10.6. The van der Waals surface area contributed by atoms with E-state index in [1.807, 2.05) is 43.3 Å². The van der Waals surface area contributed by atoms with Gasteiger partial charge < -0.3 is 19.7 Å². The number of carboxylic acid groups (broad SMARTS) is 1. The molecule has 0 saturated heterocycles. The number of aromatic carboxylic acids is 1. The lowest BCUT2D eigenvalue weighted by Gasteiger charge is -2.17. The summed E-state index contributed by atoms with van der Waals surface area (Å²) in [6, 6.07) is 13.9. The molecule has 1 heterocycles. The molecule has 0 spiro atoms. The summed E-state index contributed by atoms with van der Waals surface area (Å²) < 4.78 is 1.65. The van der Waals surface area contributed by atoms with Crippen molar-refractivity contribution >= 4 is 11.7 Å². The van der Waals surface area contributed by atoms with E-state index >= 15 is 0 Å². The van der Waals surface area contributed by atoms with E-state index in [1.165, 1.54) is 12.3 Å². The number of nitrogens with zero attached hydrogens (tertiary/aromatic N) is 2. The average Bonchev–Trinajstić information content (AvgIpc) is 2.63. The van der Waals surface area contributed by atoms with Crippen LogP contribution in [-0.4, -0.2) is 34.8 Å². The number of hydrogen-bond acceptors (Lipinski definition) is 4. The number of phenols is 1. The van der Waals surface area contributed by atoms with E-state index < -0.39 is 11.4 Å². The van der Waals surface area contributed by atoms with Gasteiger partial charge in [0.2, 0.25) is 0 Å². The molecule has 0 bridgehead atoms. The molecule has 0 aliphatic rings. The van der Waals surface area contributed by atoms with Crippen molar-refractivity contribution in [3.63, 3.8) is 0 Å². The van der Waals surface area contributed by atoms with Gasteiger partial charge in [-0.25, -0.2) is 4.79 Å². The van der Waals surface area contributed by atoms with E-state index in [-0.39, 0.29) is 11.3 Å². The highest BCUT2D eigenvalue weighted by Gasteiger charge is 2.15. The van der Waals surface area contributed by atoms with Gasteiger partial charge in [0.1, 0.15) is 11.3 Å². The summed E-state index contributed by atoms with van der Waals surface area (Å²) in [6.07, 6.45) is 1.33. The summed E-state index contributed by atoms with van der Waals surface area (Å²) in [4.78, 5) is 25.7. The molecule has 3 rings (SSSR count). The van der Waals surface area contributed by atoms with Crippen molar-refractivity contribution in [2.24, 2.45) is 0 Å². The van der Waals surface area contributed by atoms with Gasteiger partial charge in [-0.3, -0.25) is 4.79 Å². The van der Waals surface area contributed by atoms with Crippen LogP contribution in [0.2, 0.25) is 0 Å². The fourth-order valence-corrected chi connectivity index (χ4v) is 2.85. The maximum absolute atomic E-state index is 12.3. The number of hydrogen-bond donors (Lipinski definition) is 2. The molecule has 27 heavy (non-hydrogen) atoms. The van der Waals surface area contributed by atoms with Crippen LogP contribution in [0.1, 0.15) is 15.9 Å². The zero-order valence-corrected chi connectivity index (χ0v) is 15.3. The number of benzene rings is 2. The number of rotatable bonds is 4. The van der Waals surface area contributed by atoms with E-state index in [0.29, 0.717) is 16.9 Å². The van der Waals surface area contributed by atoms with E-state index in [1.54, 1.807) is 29.7 Å². The second-order valence-corrected chi connectivity index (χ2v) is 6.52. The molecule has 6 heteroatoms. The molecule has 0 amide bonds. The van der Waals surface area contributed by atoms with Crippen molar-refractivity contribution in [1.29, 1.82) is 0 Å². The number of carboxylic acids is 1. The third-order valence-electron chi connectivity index (χ3n) is 4.42. The van der Waals surface area contributed by atoms with Crippen LogP contribution in [0.3, 0.4) is 0 Å². The van der Waals surface area contributed by atoms with Gasteiger partial charge in [-0.1, -0.05) is 12.1 Å². The summed E-state index contributed by atoms with van der Waals surface area (Å²) in [5.74, 6) is -1.13. The Morgan fingerprint density at radius 1 is 1.04 bits per heavy atom. The van der Waals surface area contributed by atoms with Crippen LogP contribution in [0, 0.1) is 6.92 Å². The van der Waals surface area contributed by atoms with Crippen LogP contribution in [-0.2, 0) is 0 Å². The van der Waals surface area contributed by atoms with E-state index in [2.05, 4.69) is 0 Å². The highest BCUT2D eigenvalue weighted by molar-refractivity contribution is 5.88. The second kappa shape index (κ2) is 6.99. The Balaban J connectivity index is 2.25. The summed E-state index contributed by atoms with van der Waals surface area (Å²) in [6.45, 7) is 1.75. The largest absolute Gasteiger partial charge is 0.508 e. The number of carbonyl (C=O) groups is 1. The van der Waals surface area contributed by atoms with Crippen LogP contribution in [0.25, 0.3) is 16.9 Å². The van der Waals surface area contributed by atoms with E-state index in [4.69, 9.17) is 0 Å². The first-order valence-corrected chi connectivity index (χ1v) is 8.35. The molecule has 138 valence electrons. The molecular weight excluding hydrogens is 344 g/mol. The first-order chi connectivity index (χ1) is 12.8. The van der Waals surface area contributed by atoms with Crippen molar-refractivity contribution in [2.75, 3.05) is 19.0 Å². The fourth-order valence-electron chi connectivity index (χ4n) is 2.85. The highest BCUT2D eigenvalue weighted by atomic mass is 16.4. The Hall–Kier alpha value is -3.54. The zero-order chi connectivity index (χ0) is 19.7. The number of aromatic nitrogens is 1. The number of phenolic OH excluding ortho intramolecular Hbond substituents is 1. The molecule has 6 nitrogen and oxygen atoms in total. The van der Waals surface area contributed by atoms with Gasteiger partial charge in [-0.2, -0.15) is 0 Å². The maximum atomic E-state index is 12.3. The van der Waals surface area contributed by atoms with E-state index in [9.17, 15) is 19.8 Å². The molecule has 0 radical (unpaired) electrons. The zero-order valence-electron chi connectivity index (χ0n) is 15.3. The first kappa shape index (κ1) is 18.3. The summed E-state index contributed by atoms with van der Waals surface area (Å²) in [5.41, 5.74) is 2.79. The summed E-state index contributed by atoms with van der Waals surface area (Å²) >= 11 is 0. The lowest BCUT2D eigenvalue weighted by molar-refractivity contribution is 0.0695. The van der Waals surface area contributed by atoms with Gasteiger partial charge in [0.05, 0.1) is 5.69 Å². The predicted octanol–water partition coefficient (Wildman–Crippen LogP) is 3.28. The predicted molar refractivity (Wildman–Crippen MR) is 105 cm³/mol. The van der Waals surface area contributed by atoms with Crippen LogP contribution in [0.4, 0.5) is 5.69 Å². The number of aromatic hydroxyl groups is 1. The summed E-state index contributed by atoms with van der Waals surface area (Å²) in [5, 5.41) is 19.1. The highest BCUT2D eigenvalue weighted by Crippen LogP contribution is 2.27. The topological polar surface area (TPSA) is 82.8 Å². The Labute approximate surface area is 156 Å². The summed E-state index contributed by atoms with van der Waals surface area (Å²) in [7, 11) is 3.87. The lowest BCUT2D eigenvalue weighted by Crippen LogP contribution is -2.18. The molecule has 0 saturated carbocycles. The minimum atomic E-state index is -1.28. The molecule has 2 aromatic carbocycles. The van der Waals surface area contributed by atoms with Gasteiger partial charge in [-0.05, 0) is 48.4 Å².